The van der Waals surface area contributed by atoms with Crippen molar-refractivity contribution in [3.8, 4) is 0 Å². The number of rotatable bonds is 5. The summed E-state index contributed by atoms with van der Waals surface area (Å²) in [4.78, 5) is 34.4. The van der Waals surface area contributed by atoms with E-state index in [0.29, 0.717) is 22.2 Å². The number of fused-ring (bicyclic) bond motifs is 1. The SMILES string of the molecule is Cc1ccc(N2CCN(c3nccn4c(=O)n(CC(=O)Nc5cccc(Cl)c5)nc34)CC2)cc1. The normalized spacial score (nSPS) is 13.9. The van der Waals surface area contributed by atoms with Crippen molar-refractivity contribution in [2.75, 3.05) is 41.3 Å². The topological polar surface area (TPSA) is 87.8 Å². The number of amides is 1. The Morgan fingerprint density at radius 1 is 1.06 bits per heavy atom. The van der Waals surface area contributed by atoms with Crippen LogP contribution >= 0.6 is 11.6 Å². The van der Waals surface area contributed by atoms with Crippen LogP contribution in [0.2, 0.25) is 5.02 Å². The lowest BCUT2D eigenvalue weighted by molar-refractivity contribution is -0.117. The summed E-state index contributed by atoms with van der Waals surface area (Å²) >= 11 is 5.97. The van der Waals surface area contributed by atoms with Gasteiger partial charge < -0.3 is 15.1 Å². The number of aromatic nitrogens is 4. The lowest BCUT2D eigenvalue weighted by Gasteiger charge is -2.36. The van der Waals surface area contributed by atoms with Gasteiger partial charge in [0.1, 0.15) is 6.54 Å². The van der Waals surface area contributed by atoms with Gasteiger partial charge in [0.25, 0.3) is 0 Å². The highest BCUT2D eigenvalue weighted by Gasteiger charge is 2.23. The van der Waals surface area contributed by atoms with Crippen LogP contribution in [0.1, 0.15) is 5.56 Å². The molecule has 174 valence electrons. The molecule has 1 aliphatic heterocycles. The Kier molecular flexibility index (Phi) is 5.93. The van der Waals surface area contributed by atoms with Crippen molar-refractivity contribution in [3.05, 3.63) is 82.0 Å². The van der Waals surface area contributed by atoms with Crippen molar-refractivity contribution >= 4 is 40.3 Å². The quantitative estimate of drug-likeness (QED) is 0.475. The molecule has 1 aliphatic rings. The summed E-state index contributed by atoms with van der Waals surface area (Å²) < 4.78 is 2.59. The molecule has 1 saturated heterocycles. The Labute approximate surface area is 201 Å². The molecule has 2 aromatic carbocycles. The molecule has 9 nitrogen and oxygen atoms in total. The molecule has 10 heteroatoms. The minimum atomic E-state index is -0.391. The van der Waals surface area contributed by atoms with Crippen molar-refractivity contribution in [1.29, 1.82) is 0 Å². The van der Waals surface area contributed by atoms with Crippen LogP contribution in [-0.2, 0) is 11.3 Å². The fourth-order valence-electron chi connectivity index (χ4n) is 4.10. The molecule has 0 aliphatic carbocycles. The first-order chi connectivity index (χ1) is 16.5. The van der Waals surface area contributed by atoms with Crippen LogP contribution in [0.5, 0.6) is 0 Å². The van der Waals surface area contributed by atoms with Gasteiger partial charge in [-0.05, 0) is 37.3 Å². The third-order valence-electron chi connectivity index (χ3n) is 5.86. The number of anilines is 3. The highest BCUT2D eigenvalue weighted by molar-refractivity contribution is 6.30. The third kappa shape index (κ3) is 4.47. The molecule has 3 heterocycles. The van der Waals surface area contributed by atoms with Crippen LogP contribution in [0.25, 0.3) is 5.65 Å². The number of halogens is 1. The minimum Gasteiger partial charge on any atom is -0.368 e. The van der Waals surface area contributed by atoms with Gasteiger partial charge >= 0.3 is 5.69 Å². The molecule has 34 heavy (non-hydrogen) atoms. The van der Waals surface area contributed by atoms with Crippen molar-refractivity contribution < 1.29 is 4.79 Å². The first-order valence-corrected chi connectivity index (χ1v) is 11.4. The average molecular weight is 478 g/mol. The zero-order valence-corrected chi connectivity index (χ0v) is 19.4. The van der Waals surface area contributed by atoms with Gasteiger partial charge in [0.15, 0.2) is 5.82 Å². The van der Waals surface area contributed by atoms with E-state index in [1.807, 2.05) is 0 Å². The number of piperazine rings is 1. The van der Waals surface area contributed by atoms with E-state index in [9.17, 15) is 9.59 Å². The number of benzene rings is 2. The summed E-state index contributed by atoms with van der Waals surface area (Å²) in [5.74, 6) is 0.270. The summed E-state index contributed by atoms with van der Waals surface area (Å²) in [5.41, 5.74) is 3.04. The van der Waals surface area contributed by atoms with E-state index in [1.165, 1.54) is 15.7 Å². The number of hydrogen-bond acceptors (Lipinski definition) is 6. The van der Waals surface area contributed by atoms with Crippen LogP contribution in [-0.4, -0.2) is 51.3 Å². The van der Waals surface area contributed by atoms with E-state index in [2.05, 4.69) is 56.4 Å². The molecule has 0 unspecified atom stereocenters. The molecule has 0 saturated carbocycles. The largest absolute Gasteiger partial charge is 0.368 e. The van der Waals surface area contributed by atoms with E-state index in [4.69, 9.17) is 11.6 Å². The molecule has 0 atom stereocenters. The number of nitrogens with zero attached hydrogens (tertiary/aromatic N) is 6. The monoisotopic (exact) mass is 477 g/mol. The van der Waals surface area contributed by atoms with Crippen LogP contribution in [0.15, 0.2) is 65.7 Å². The predicted octanol–water partition coefficient (Wildman–Crippen LogP) is 2.82. The average Bonchev–Trinajstić information content (AvgIpc) is 3.15. The lowest BCUT2D eigenvalue weighted by atomic mass is 10.2. The van der Waals surface area contributed by atoms with Crippen molar-refractivity contribution in [3.63, 3.8) is 0 Å². The van der Waals surface area contributed by atoms with Gasteiger partial charge in [-0.15, -0.1) is 5.10 Å². The molecule has 5 rings (SSSR count). The first kappa shape index (κ1) is 22.0. The standard InChI is InChI=1S/C24H24ClN7O2/c1-17-5-7-20(8-6-17)29-11-13-30(14-12-29)22-23-28-32(24(34)31(23)10-9-26-22)16-21(33)27-19-4-2-3-18(25)15-19/h2-10,15H,11-14,16H2,1H3,(H,27,33). The van der Waals surface area contributed by atoms with Gasteiger partial charge in [0.05, 0.1) is 0 Å². The summed E-state index contributed by atoms with van der Waals surface area (Å²) in [5, 5.41) is 7.69. The molecular formula is C24H24ClN7O2. The van der Waals surface area contributed by atoms with E-state index in [1.54, 1.807) is 36.7 Å². The number of nitrogens with one attached hydrogen (secondary N) is 1. The zero-order chi connectivity index (χ0) is 23.7. The van der Waals surface area contributed by atoms with Gasteiger partial charge in [-0.1, -0.05) is 35.4 Å². The minimum absolute atomic E-state index is 0.215. The Balaban J connectivity index is 1.32. The van der Waals surface area contributed by atoms with Crippen molar-refractivity contribution in [1.82, 2.24) is 19.2 Å². The highest BCUT2D eigenvalue weighted by atomic mass is 35.5. The Morgan fingerprint density at radius 2 is 1.79 bits per heavy atom. The molecule has 2 aromatic heterocycles. The van der Waals surface area contributed by atoms with Crippen molar-refractivity contribution in [2.24, 2.45) is 0 Å². The Bertz CT molecular complexity index is 1390. The smallest absolute Gasteiger partial charge is 0.350 e. The maximum atomic E-state index is 12.9. The Hall–Kier alpha value is -3.85. The van der Waals surface area contributed by atoms with E-state index in [-0.39, 0.29) is 12.5 Å². The molecule has 0 bridgehead atoms. The van der Waals surface area contributed by atoms with Gasteiger partial charge in [-0.2, -0.15) is 0 Å². The number of aryl methyl sites for hydroxylation is 1. The van der Waals surface area contributed by atoms with E-state index < -0.39 is 5.69 Å². The van der Waals surface area contributed by atoms with Crippen LogP contribution < -0.4 is 20.8 Å². The zero-order valence-electron chi connectivity index (χ0n) is 18.7. The Morgan fingerprint density at radius 3 is 2.53 bits per heavy atom. The third-order valence-corrected chi connectivity index (χ3v) is 6.10. The second-order valence-electron chi connectivity index (χ2n) is 8.25. The summed E-state index contributed by atoms with van der Waals surface area (Å²) in [6.07, 6.45) is 3.16. The van der Waals surface area contributed by atoms with E-state index in [0.717, 1.165) is 30.9 Å². The van der Waals surface area contributed by atoms with Crippen LogP contribution in [0.3, 0.4) is 0 Å². The molecule has 4 aromatic rings. The van der Waals surface area contributed by atoms with Gasteiger partial charge in [0, 0.05) is 55.0 Å². The maximum absolute atomic E-state index is 12.9. The van der Waals surface area contributed by atoms with Gasteiger partial charge in [-0.25, -0.2) is 18.9 Å². The molecule has 1 N–H and O–H groups in total. The fourth-order valence-corrected chi connectivity index (χ4v) is 4.29. The van der Waals surface area contributed by atoms with Gasteiger partial charge in [0.2, 0.25) is 11.6 Å². The van der Waals surface area contributed by atoms with Gasteiger partial charge in [-0.3, -0.25) is 4.79 Å². The summed E-state index contributed by atoms with van der Waals surface area (Å²) in [6, 6.07) is 15.3. The molecular weight excluding hydrogens is 454 g/mol. The maximum Gasteiger partial charge on any atom is 0.350 e. The second kappa shape index (κ2) is 9.18. The fraction of sp³-hybridized carbons (Fsp3) is 0.250. The highest BCUT2D eigenvalue weighted by Crippen LogP contribution is 2.22. The first-order valence-electron chi connectivity index (χ1n) is 11.0. The second-order valence-corrected chi connectivity index (χ2v) is 8.69. The van der Waals surface area contributed by atoms with Crippen LogP contribution in [0, 0.1) is 6.92 Å². The lowest BCUT2D eigenvalue weighted by Crippen LogP contribution is -2.47. The number of hydrogen-bond donors (Lipinski definition) is 1. The van der Waals surface area contributed by atoms with Crippen molar-refractivity contribution in [2.45, 2.75) is 13.5 Å². The van der Waals surface area contributed by atoms with Crippen LogP contribution in [0.4, 0.5) is 17.2 Å². The van der Waals surface area contributed by atoms with E-state index >= 15 is 0 Å². The summed E-state index contributed by atoms with van der Waals surface area (Å²) in [6.45, 7) is 5.02. The molecule has 0 radical (unpaired) electrons. The molecule has 1 amide bonds. The number of carbonyl (C=O) groups is 1. The molecule has 0 spiro atoms. The predicted molar refractivity (Wildman–Crippen MR) is 133 cm³/mol. The number of carbonyl (C=O) groups excluding carboxylic acids is 1. The molecule has 1 fully saturated rings. The summed E-state index contributed by atoms with van der Waals surface area (Å²) in [7, 11) is 0.